The third-order valence-corrected chi connectivity index (χ3v) is 5.07. The number of aryl methyl sites for hydroxylation is 1. The molecular formula is C18H14ClFN2OS. The summed E-state index contributed by atoms with van der Waals surface area (Å²) in [5, 5.41) is 4.16. The van der Waals surface area contributed by atoms with E-state index in [1.54, 1.807) is 25.1 Å². The molecule has 122 valence electrons. The maximum Gasteiger partial charge on any atom is 0.263 e. The number of benzene rings is 2. The molecule has 24 heavy (non-hydrogen) atoms. The van der Waals surface area contributed by atoms with Gasteiger partial charge in [0.15, 0.2) is 0 Å². The number of thiazole rings is 1. The van der Waals surface area contributed by atoms with Crippen molar-refractivity contribution in [1.82, 2.24) is 10.3 Å². The van der Waals surface area contributed by atoms with Crippen LogP contribution < -0.4 is 5.32 Å². The first-order valence-electron chi connectivity index (χ1n) is 7.29. The molecule has 0 unspecified atom stereocenters. The average Bonchev–Trinajstić information content (AvgIpc) is 2.96. The molecule has 6 heteroatoms. The predicted octanol–water partition coefficient (Wildman–Crippen LogP) is 4.84. The zero-order valence-corrected chi connectivity index (χ0v) is 14.4. The summed E-state index contributed by atoms with van der Waals surface area (Å²) in [5.74, 6) is -0.497. The molecule has 3 aromatic rings. The van der Waals surface area contributed by atoms with Gasteiger partial charge in [0.1, 0.15) is 15.7 Å². The zero-order chi connectivity index (χ0) is 17.1. The van der Waals surface area contributed by atoms with E-state index in [0.717, 1.165) is 11.1 Å². The summed E-state index contributed by atoms with van der Waals surface area (Å²) < 4.78 is 13.0. The van der Waals surface area contributed by atoms with Gasteiger partial charge in [-0.3, -0.25) is 4.79 Å². The second-order valence-corrected chi connectivity index (χ2v) is 6.62. The summed E-state index contributed by atoms with van der Waals surface area (Å²) in [6.07, 6.45) is 0. The van der Waals surface area contributed by atoms with E-state index in [1.807, 2.05) is 18.2 Å². The summed E-state index contributed by atoms with van der Waals surface area (Å²) in [7, 11) is 0. The highest BCUT2D eigenvalue weighted by atomic mass is 35.5. The minimum atomic E-state index is -0.301. The van der Waals surface area contributed by atoms with E-state index in [2.05, 4.69) is 10.3 Å². The van der Waals surface area contributed by atoms with Gasteiger partial charge in [0, 0.05) is 17.1 Å². The molecule has 0 spiro atoms. The first-order chi connectivity index (χ1) is 11.5. The minimum absolute atomic E-state index is 0.196. The smallest absolute Gasteiger partial charge is 0.263 e. The quantitative estimate of drug-likeness (QED) is 0.723. The van der Waals surface area contributed by atoms with Crippen LogP contribution in [0.25, 0.3) is 10.6 Å². The lowest BCUT2D eigenvalue weighted by molar-refractivity contribution is 0.0954. The van der Waals surface area contributed by atoms with Crippen LogP contribution in [0.2, 0.25) is 5.02 Å². The van der Waals surface area contributed by atoms with Gasteiger partial charge in [-0.25, -0.2) is 9.37 Å². The van der Waals surface area contributed by atoms with Gasteiger partial charge in [0.2, 0.25) is 0 Å². The van der Waals surface area contributed by atoms with Gasteiger partial charge in [0.05, 0.1) is 5.69 Å². The van der Waals surface area contributed by atoms with Gasteiger partial charge in [-0.2, -0.15) is 0 Å². The summed E-state index contributed by atoms with van der Waals surface area (Å²) in [4.78, 5) is 17.4. The zero-order valence-electron chi connectivity index (χ0n) is 12.8. The summed E-state index contributed by atoms with van der Waals surface area (Å²) in [6.45, 7) is 2.13. The molecule has 0 aliphatic rings. The highest BCUT2D eigenvalue weighted by molar-refractivity contribution is 7.17. The number of nitrogens with zero attached hydrogens (tertiary/aromatic N) is 1. The van der Waals surface area contributed by atoms with Crippen LogP contribution in [-0.4, -0.2) is 10.9 Å². The molecular weight excluding hydrogens is 347 g/mol. The lowest BCUT2D eigenvalue weighted by atomic mass is 10.2. The van der Waals surface area contributed by atoms with E-state index in [9.17, 15) is 9.18 Å². The SMILES string of the molecule is Cc1nc(-c2ccc(F)cc2)sc1C(=O)NCc1ccccc1Cl. The Labute approximate surface area is 148 Å². The molecule has 0 atom stereocenters. The number of aromatic nitrogens is 1. The van der Waals surface area contributed by atoms with Gasteiger partial charge in [-0.1, -0.05) is 29.8 Å². The minimum Gasteiger partial charge on any atom is -0.347 e. The third-order valence-electron chi connectivity index (χ3n) is 3.49. The highest BCUT2D eigenvalue weighted by Crippen LogP contribution is 2.28. The number of halogens is 2. The Morgan fingerprint density at radius 1 is 1.21 bits per heavy atom. The second kappa shape index (κ2) is 7.11. The van der Waals surface area contributed by atoms with Crippen LogP contribution in [0.5, 0.6) is 0 Å². The van der Waals surface area contributed by atoms with Crippen LogP contribution in [0.15, 0.2) is 48.5 Å². The molecule has 3 nitrogen and oxygen atoms in total. The van der Waals surface area contributed by atoms with E-state index in [0.29, 0.717) is 27.1 Å². The Hall–Kier alpha value is -2.24. The van der Waals surface area contributed by atoms with Crippen molar-refractivity contribution in [3.63, 3.8) is 0 Å². The molecule has 1 N–H and O–H groups in total. The van der Waals surface area contributed by atoms with Crippen LogP contribution in [0.3, 0.4) is 0 Å². The van der Waals surface area contributed by atoms with Gasteiger partial charge >= 0.3 is 0 Å². The number of hydrogen-bond acceptors (Lipinski definition) is 3. The fraction of sp³-hybridized carbons (Fsp3) is 0.111. The summed E-state index contributed by atoms with van der Waals surface area (Å²) in [6, 6.07) is 13.4. The fourth-order valence-electron chi connectivity index (χ4n) is 2.22. The van der Waals surface area contributed by atoms with Gasteiger partial charge in [-0.05, 0) is 42.8 Å². The molecule has 1 heterocycles. The van der Waals surface area contributed by atoms with Crippen LogP contribution >= 0.6 is 22.9 Å². The normalized spacial score (nSPS) is 10.6. The number of rotatable bonds is 4. The van der Waals surface area contributed by atoms with Crippen molar-refractivity contribution in [3.8, 4) is 10.6 Å². The maximum absolute atomic E-state index is 13.0. The van der Waals surface area contributed by atoms with E-state index >= 15 is 0 Å². The number of carbonyl (C=O) groups is 1. The number of nitrogens with one attached hydrogen (secondary N) is 1. The second-order valence-electron chi connectivity index (χ2n) is 5.21. The summed E-state index contributed by atoms with van der Waals surface area (Å²) >= 11 is 7.38. The molecule has 0 fully saturated rings. The Kier molecular flexibility index (Phi) is 4.92. The average molecular weight is 361 g/mol. The molecule has 1 amide bonds. The lowest BCUT2D eigenvalue weighted by Crippen LogP contribution is -2.22. The van der Waals surface area contributed by atoms with Crippen molar-refractivity contribution in [2.75, 3.05) is 0 Å². The van der Waals surface area contributed by atoms with Crippen LogP contribution in [0, 0.1) is 12.7 Å². The predicted molar refractivity (Wildman–Crippen MR) is 94.9 cm³/mol. The molecule has 3 rings (SSSR count). The molecule has 1 aromatic heterocycles. The van der Waals surface area contributed by atoms with Gasteiger partial charge in [-0.15, -0.1) is 11.3 Å². The van der Waals surface area contributed by atoms with Crippen molar-refractivity contribution in [1.29, 1.82) is 0 Å². The van der Waals surface area contributed by atoms with Crippen molar-refractivity contribution < 1.29 is 9.18 Å². The Bertz CT molecular complexity index is 877. The van der Waals surface area contributed by atoms with E-state index < -0.39 is 0 Å². The Morgan fingerprint density at radius 3 is 2.62 bits per heavy atom. The monoisotopic (exact) mass is 360 g/mol. The first-order valence-corrected chi connectivity index (χ1v) is 8.49. The molecule has 0 bridgehead atoms. The van der Waals surface area contributed by atoms with Crippen molar-refractivity contribution in [3.05, 3.63) is 75.5 Å². The standard InChI is InChI=1S/C18H14ClFN2OS/c1-11-16(17(23)21-10-13-4-2-3-5-15(13)19)24-18(22-11)12-6-8-14(20)9-7-12/h2-9H,10H2,1H3,(H,21,23). The summed E-state index contributed by atoms with van der Waals surface area (Å²) in [5.41, 5.74) is 2.29. The molecule has 0 aliphatic carbocycles. The molecule has 0 radical (unpaired) electrons. The maximum atomic E-state index is 13.0. The van der Waals surface area contributed by atoms with Crippen molar-refractivity contribution in [2.24, 2.45) is 0 Å². The number of amides is 1. The number of hydrogen-bond donors (Lipinski definition) is 1. The first kappa shape index (κ1) is 16.6. The topological polar surface area (TPSA) is 42.0 Å². The van der Waals surface area contributed by atoms with E-state index in [-0.39, 0.29) is 11.7 Å². The van der Waals surface area contributed by atoms with E-state index in [1.165, 1.54) is 23.5 Å². The molecule has 0 saturated heterocycles. The molecule has 0 saturated carbocycles. The van der Waals surface area contributed by atoms with Crippen molar-refractivity contribution >= 4 is 28.8 Å². The highest BCUT2D eigenvalue weighted by Gasteiger charge is 2.16. The lowest BCUT2D eigenvalue weighted by Gasteiger charge is -2.05. The van der Waals surface area contributed by atoms with Gasteiger partial charge < -0.3 is 5.32 Å². The van der Waals surface area contributed by atoms with E-state index in [4.69, 9.17) is 11.6 Å². The van der Waals surface area contributed by atoms with Crippen LogP contribution in [0.4, 0.5) is 4.39 Å². The van der Waals surface area contributed by atoms with Gasteiger partial charge in [0.25, 0.3) is 5.91 Å². The number of carbonyl (C=O) groups excluding carboxylic acids is 1. The Balaban J connectivity index is 1.76. The molecule has 2 aromatic carbocycles. The van der Waals surface area contributed by atoms with Crippen LogP contribution in [-0.2, 0) is 6.54 Å². The third kappa shape index (κ3) is 3.63. The Morgan fingerprint density at radius 2 is 1.92 bits per heavy atom. The largest absolute Gasteiger partial charge is 0.347 e. The van der Waals surface area contributed by atoms with Crippen molar-refractivity contribution in [2.45, 2.75) is 13.5 Å². The van der Waals surface area contributed by atoms with Crippen LogP contribution in [0.1, 0.15) is 20.9 Å². The fourth-order valence-corrected chi connectivity index (χ4v) is 3.41. The molecule has 0 aliphatic heterocycles.